The highest BCUT2D eigenvalue weighted by Gasteiger charge is 2.10. The Bertz CT molecular complexity index is 910. The number of aromatic nitrogens is 2. The van der Waals surface area contributed by atoms with Gasteiger partial charge in [0.05, 0.1) is 19.9 Å². The first-order valence-electron chi connectivity index (χ1n) is 9.28. The van der Waals surface area contributed by atoms with E-state index in [1.807, 2.05) is 54.3 Å². The fourth-order valence-electron chi connectivity index (χ4n) is 3.08. The van der Waals surface area contributed by atoms with Crippen LogP contribution in [0.3, 0.4) is 0 Å². The predicted octanol–water partition coefficient (Wildman–Crippen LogP) is 3.77. The zero-order chi connectivity index (χ0) is 19.8. The van der Waals surface area contributed by atoms with E-state index in [1.165, 1.54) is 5.56 Å². The first-order chi connectivity index (χ1) is 13.7. The Hall–Kier alpha value is -2.55. The normalized spacial score (nSPS) is 10.9. The number of hydrogen-bond donors (Lipinski definition) is 1. The van der Waals surface area contributed by atoms with Gasteiger partial charge in [0.15, 0.2) is 5.96 Å². The first kappa shape index (κ1) is 22.7. The second-order valence-electron chi connectivity index (χ2n) is 6.60. The van der Waals surface area contributed by atoms with Gasteiger partial charge < -0.3 is 15.0 Å². The summed E-state index contributed by atoms with van der Waals surface area (Å²) in [5, 5.41) is 7.86. The minimum atomic E-state index is 0. The van der Waals surface area contributed by atoms with Crippen LogP contribution in [0.2, 0.25) is 0 Å². The lowest BCUT2D eigenvalue weighted by atomic mass is 10.2. The molecule has 2 aromatic carbocycles. The number of halogens is 1. The van der Waals surface area contributed by atoms with Crippen molar-refractivity contribution in [2.24, 2.45) is 4.99 Å². The van der Waals surface area contributed by atoms with Gasteiger partial charge in [-0.05, 0) is 11.6 Å². The predicted molar refractivity (Wildman–Crippen MR) is 128 cm³/mol. The van der Waals surface area contributed by atoms with Crippen molar-refractivity contribution in [2.75, 3.05) is 21.2 Å². The van der Waals surface area contributed by atoms with Gasteiger partial charge in [0.2, 0.25) is 0 Å². The molecule has 6 nitrogen and oxygen atoms in total. The van der Waals surface area contributed by atoms with E-state index in [0.29, 0.717) is 13.1 Å². The third-order valence-electron chi connectivity index (χ3n) is 4.50. The Morgan fingerprint density at radius 1 is 1.10 bits per heavy atom. The van der Waals surface area contributed by atoms with Crippen LogP contribution in [-0.4, -0.2) is 41.8 Å². The van der Waals surface area contributed by atoms with Gasteiger partial charge in [-0.2, -0.15) is 5.10 Å². The van der Waals surface area contributed by atoms with Crippen molar-refractivity contribution >= 4 is 29.9 Å². The summed E-state index contributed by atoms with van der Waals surface area (Å²) in [6.07, 6.45) is 3.96. The quantitative estimate of drug-likeness (QED) is 0.302. The maximum absolute atomic E-state index is 5.44. The monoisotopic (exact) mass is 505 g/mol. The summed E-state index contributed by atoms with van der Waals surface area (Å²) in [6, 6.07) is 18.4. The number of methoxy groups -OCH3 is 1. The van der Waals surface area contributed by atoms with Crippen molar-refractivity contribution in [3.63, 3.8) is 0 Å². The van der Waals surface area contributed by atoms with E-state index in [1.54, 1.807) is 14.2 Å². The van der Waals surface area contributed by atoms with Crippen LogP contribution in [0, 0.1) is 0 Å². The van der Waals surface area contributed by atoms with Gasteiger partial charge in [0.1, 0.15) is 5.75 Å². The number of aliphatic imine (C=N–C) groups is 1. The summed E-state index contributed by atoms with van der Waals surface area (Å²) in [5.41, 5.74) is 3.46. The number of nitrogens with one attached hydrogen (secondary N) is 1. The molecule has 0 aliphatic carbocycles. The van der Waals surface area contributed by atoms with Gasteiger partial charge in [-0.3, -0.25) is 9.67 Å². The maximum atomic E-state index is 5.44. The number of benzene rings is 2. The number of rotatable bonds is 7. The van der Waals surface area contributed by atoms with Gasteiger partial charge in [-0.25, -0.2) is 0 Å². The highest BCUT2D eigenvalue weighted by Crippen LogP contribution is 2.18. The fraction of sp³-hybridized carbons (Fsp3) is 0.273. The highest BCUT2D eigenvalue weighted by molar-refractivity contribution is 14.0. The molecule has 1 aromatic heterocycles. The van der Waals surface area contributed by atoms with Crippen LogP contribution in [0.25, 0.3) is 0 Å². The van der Waals surface area contributed by atoms with Crippen LogP contribution in [0.5, 0.6) is 5.75 Å². The van der Waals surface area contributed by atoms with E-state index in [4.69, 9.17) is 4.74 Å². The molecule has 0 fully saturated rings. The molecule has 0 saturated carbocycles. The molecular weight excluding hydrogens is 477 g/mol. The summed E-state index contributed by atoms with van der Waals surface area (Å²) in [5.74, 6) is 1.70. The lowest BCUT2D eigenvalue weighted by molar-refractivity contribution is 0.396. The van der Waals surface area contributed by atoms with Gasteiger partial charge in [0.25, 0.3) is 0 Å². The Morgan fingerprint density at radius 3 is 2.55 bits per heavy atom. The third kappa shape index (κ3) is 6.49. The summed E-state index contributed by atoms with van der Waals surface area (Å²) in [6.45, 7) is 2.14. The summed E-state index contributed by atoms with van der Waals surface area (Å²) in [4.78, 5) is 6.47. The van der Waals surface area contributed by atoms with Crippen LogP contribution < -0.4 is 10.1 Å². The molecule has 1 heterocycles. The summed E-state index contributed by atoms with van der Waals surface area (Å²) < 4.78 is 7.39. The molecule has 0 amide bonds. The molecule has 29 heavy (non-hydrogen) atoms. The molecule has 1 N–H and O–H groups in total. The Morgan fingerprint density at radius 2 is 1.83 bits per heavy atom. The van der Waals surface area contributed by atoms with Crippen molar-refractivity contribution in [1.82, 2.24) is 20.0 Å². The minimum Gasteiger partial charge on any atom is -0.496 e. The lowest BCUT2D eigenvalue weighted by Gasteiger charge is -2.23. The van der Waals surface area contributed by atoms with E-state index >= 15 is 0 Å². The molecule has 3 rings (SSSR count). The van der Waals surface area contributed by atoms with Crippen molar-refractivity contribution < 1.29 is 4.74 Å². The van der Waals surface area contributed by atoms with Crippen LogP contribution in [0.1, 0.15) is 16.7 Å². The van der Waals surface area contributed by atoms with Crippen LogP contribution in [-0.2, 0) is 19.6 Å². The average Bonchev–Trinajstić information content (AvgIpc) is 3.17. The average molecular weight is 505 g/mol. The van der Waals surface area contributed by atoms with Gasteiger partial charge in [0, 0.05) is 44.5 Å². The summed E-state index contributed by atoms with van der Waals surface area (Å²) in [7, 11) is 5.50. The second kappa shape index (κ2) is 11.5. The van der Waals surface area contributed by atoms with E-state index in [2.05, 4.69) is 44.7 Å². The molecule has 0 atom stereocenters. The van der Waals surface area contributed by atoms with Crippen molar-refractivity contribution in [1.29, 1.82) is 0 Å². The van der Waals surface area contributed by atoms with Gasteiger partial charge in [-0.15, -0.1) is 24.0 Å². The Balaban J connectivity index is 0.00000300. The molecule has 154 valence electrons. The zero-order valence-corrected chi connectivity index (χ0v) is 19.4. The number of para-hydroxylation sites is 1. The SMILES string of the molecule is CN=C(NCc1cnn(Cc2ccccc2)c1)N(C)Cc1ccccc1OC.I. The highest BCUT2D eigenvalue weighted by atomic mass is 127. The number of nitrogens with zero attached hydrogens (tertiary/aromatic N) is 4. The van der Waals surface area contributed by atoms with E-state index < -0.39 is 0 Å². The van der Waals surface area contributed by atoms with Crippen LogP contribution in [0.4, 0.5) is 0 Å². The molecular formula is C22H28IN5O. The smallest absolute Gasteiger partial charge is 0.193 e. The Kier molecular flexibility index (Phi) is 8.98. The van der Waals surface area contributed by atoms with E-state index in [0.717, 1.165) is 29.4 Å². The molecule has 0 unspecified atom stereocenters. The number of guanidine groups is 1. The Labute approximate surface area is 189 Å². The number of hydrogen-bond acceptors (Lipinski definition) is 3. The zero-order valence-electron chi connectivity index (χ0n) is 17.1. The first-order valence-corrected chi connectivity index (χ1v) is 9.28. The van der Waals surface area contributed by atoms with Gasteiger partial charge >= 0.3 is 0 Å². The molecule has 0 bridgehead atoms. The van der Waals surface area contributed by atoms with Crippen LogP contribution in [0.15, 0.2) is 72.0 Å². The molecule has 3 aromatic rings. The molecule has 0 spiro atoms. The third-order valence-corrected chi connectivity index (χ3v) is 4.50. The molecule has 0 aliphatic heterocycles. The van der Waals surface area contributed by atoms with E-state index in [-0.39, 0.29) is 24.0 Å². The standard InChI is InChI=1S/C22H27N5O.HI/c1-23-22(26(2)17-20-11-7-8-12-21(20)28-3)24-13-19-14-25-27(16-19)15-18-9-5-4-6-10-18;/h4-12,14,16H,13,15,17H2,1-3H3,(H,23,24);1H. The maximum Gasteiger partial charge on any atom is 0.193 e. The van der Waals surface area contributed by atoms with Crippen molar-refractivity contribution in [2.45, 2.75) is 19.6 Å². The largest absolute Gasteiger partial charge is 0.496 e. The molecule has 7 heteroatoms. The van der Waals surface area contributed by atoms with E-state index in [9.17, 15) is 0 Å². The van der Waals surface area contributed by atoms with Crippen LogP contribution >= 0.6 is 24.0 Å². The topological polar surface area (TPSA) is 54.7 Å². The lowest BCUT2D eigenvalue weighted by Crippen LogP contribution is -2.38. The molecule has 0 radical (unpaired) electrons. The van der Waals surface area contributed by atoms with Gasteiger partial charge in [-0.1, -0.05) is 48.5 Å². The fourth-order valence-corrected chi connectivity index (χ4v) is 3.08. The summed E-state index contributed by atoms with van der Waals surface area (Å²) >= 11 is 0. The molecule has 0 aliphatic rings. The minimum absolute atomic E-state index is 0. The van der Waals surface area contributed by atoms with Crippen molar-refractivity contribution in [3.05, 3.63) is 83.7 Å². The molecule has 0 saturated heterocycles. The van der Waals surface area contributed by atoms with Crippen molar-refractivity contribution in [3.8, 4) is 5.75 Å². The second-order valence-corrected chi connectivity index (χ2v) is 6.60. The number of ether oxygens (including phenoxy) is 1.